The fraction of sp³-hybridized carbons (Fsp3) is 0.500. The number of nitrogens with zero attached hydrogens (tertiary/aromatic N) is 4. The van der Waals surface area contributed by atoms with Crippen LogP contribution < -0.4 is 5.73 Å². The maximum atomic E-state index is 12.7. The predicted molar refractivity (Wildman–Crippen MR) is 77.3 cm³/mol. The summed E-state index contributed by atoms with van der Waals surface area (Å²) < 4.78 is 38.0. The third-order valence-electron chi connectivity index (χ3n) is 3.89. The molecule has 1 fully saturated rings. The van der Waals surface area contributed by atoms with Gasteiger partial charge in [-0.15, -0.1) is 0 Å². The van der Waals surface area contributed by atoms with Gasteiger partial charge in [-0.1, -0.05) is 0 Å². The van der Waals surface area contributed by atoms with Gasteiger partial charge < -0.3 is 10.7 Å². The maximum absolute atomic E-state index is 12.7. The number of piperidine rings is 1. The average molecular weight is 326 g/mol. The quantitative estimate of drug-likeness (QED) is 0.903. The summed E-state index contributed by atoms with van der Waals surface area (Å²) in [7, 11) is 0. The summed E-state index contributed by atoms with van der Waals surface area (Å²) in [5.41, 5.74) is 4.83. The van der Waals surface area contributed by atoms with Crippen molar-refractivity contribution in [3.8, 4) is 0 Å². The number of nitrogens with two attached hydrogens (primary N) is 1. The molecule has 1 saturated heterocycles. The second-order valence-corrected chi connectivity index (χ2v) is 5.65. The molecule has 0 aromatic carbocycles. The SMILES string of the molecule is Nc1ccnc(CN2CCCC(c3ncc(C(F)(F)F)[nH]3)C2)n1. The lowest BCUT2D eigenvalue weighted by Crippen LogP contribution is -2.34. The average Bonchev–Trinajstić information content (AvgIpc) is 2.97. The summed E-state index contributed by atoms with van der Waals surface area (Å²) in [6.45, 7) is 1.98. The molecule has 1 unspecified atom stereocenters. The first-order valence-corrected chi connectivity index (χ1v) is 7.33. The highest BCUT2D eigenvalue weighted by Gasteiger charge is 2.34. The van der Waals surface area contributed by atoms with E-state index in [0.29, 0.717) is 30.6 Å². The van der Waals surface area contributed by atoms with E-state index in [9.17, 15) is 13.2 Å². The molecule has 3 N–H and O–H groups in total. The van der Waals surface area contributed by atoms with Crippen molar-refractivity contribution in [2.24, 2.45) is 0 Å². The smallest absolute Gasteiger partial charge is 0.384 e. The lowest BCUT2D eigenvalue weighted by atomic mass is 9.97. The fourth-order valence-corrected chi connectivity index (χ4v) is 2.80. The number of likely N-dealkylation sites (tertiary alicyclic amines) is 1. The molecule has 23 heavy (non-hydrogen) atoms. The lowest BCUT2D eigenvalue weighted by molar-refractivity contribution is -0.141. The van der Waals surface area contributed by atoms with Gasteiger partial charge in [-0.2, -0.15) is 13.2 Å². The number of alkyl halides is 3. The van der Waals surface area contributed by atoms with Crippen LogP contribution in [0.2, 0.25) is 0 Å². The van der Waals surface area contributed by atoms with Crippen LogP contribution >= 0.6 is 0 Å². The zero-order valence-electron chi connectivity index (χ0n) is 12.3. The van der Waals surface area contributed by atoms with Crippen LogP contribution in [0.15, 0.2) is 18.5 Å². The van der Waals surface area contributed by atoms with E-state index in [0.717, 1.165) is 25.6 Å². The molecule has 0 aliphatic carbocycles. The van der Waals surface area contributed by atoms with E-state index in [4.69, 9.17) is 5.73 Å². The number of halogens is 3. The molecule has 3 heterocycles. The van der Waals surface area contributed by atoms with E-state index < -0.39 is 11.9 Å². The van der Waals surface area contributed by atoms with E-state index in [2.05, 4.69) is 24.8 Å². The van der Waals surface area contributed by atoms with Crippen LogP contribution in [0.4, 0.5) is 19.0 Å². The molecule has 9 heteroatoms. The van der Waals surface area contributed by atoms with Gasteiger partial charge in [0, 0.05) is 18.7 Å². The Bertz CT molecular complexity index is 669. The van der Waals surface area contributed by atoms with Crippen LogP contribution in [-0.2, 0) is 12.7 Å². The van der Waals surface area contributed by atoms with Crippen molar-refractivity contribution in [3.05, 3.63) is 35.8 Å². The molecular weight excluding hydrogens is 309 g/mol. The number of hydrogen-bond acceptors (Lipinski definition) is 5. The molecule has 0 amide bonds. The Morgan fingerprint density at radius 1 is 1.35 bits per heavy atom. The van der Waals surface area contributed by atoms with Crippen LogP contribution in [0.25, 0.3) is 0 Å². The topological polar surface area (TPSA) is 83.7 Å². The minimum atomic E-state index is -4.39. The fourth-order valence-electron chi connectivity index (χ4n) is 2.80. The van der Waals surface area contributed by atoms with Gasteiger partial charge in [0.25, 0.3) is 0 Å². The number of nitrogens with one attached hydrogen (secondary N) is 1. The molecule has 2 aromatic heterocycles. The molecule has 1 aliphatic heterocycles. The Morgan fingerprint density at radius 2 is 2.17 bits per heavy atom. The predicted octanol–water partition coefficient (Wildman–Crippen LogP) is 2.18. The van der Waals surface area contributed by atoms with Crippen molar-refractivity contribution in [2.45, 2.75) is 31.5 Å². The van der Waals surface area contributed by atoms with Gasteiger partial charge in [0.2, 0.25) is 0 Å². The van der Waals surface area contributed by atoms with Gasteiger partial charge >= 0.3 is 6.18 Å². The van der Waals surface area contributed by atoms with Crippen LogP contribution in [0.1, 0.15) is 36.1 Å². The lowest BCUT2D eigenvalue weighted by Gasteiger charge is -2.31. The first kappa shape index (κ1) is 15.7. The van der Waals surface area contributed by atoms with Crippen LogP contribution in [0.5, 0.6) is 0 Å². The van der Waals surface area contributed by atoms with Gasteiger partial charge in [0.05, 0.1) is 12.7 Å². The second-order valence-electron chi connectivity index (χ2n) is 5.65. The standard InChI is InChI=1S/C14H17F3N6/c15-14(16,17)10-6-20-13(21-10)9-2-1-5-23(7-9)8-12-19-4-3-11(18)22-12/h3-4,6,9H,1-2,5,7-8H2,(H,20,21)(H2,18,19,22). The monoisotopic (exact) mass is 326 g/mol. The van der Waals surface area contributed by atoms with E-state index >= 15 is 0 Å². The van der Waals surface area contributed by atoms with Gasteiger partial charge in [-0.25, -0.2) is 15.0 Å². The Morgan fingerprint density at radius 3 is 2.87 bits per heavy atom. The summed E-state index contributed by atoms with van der Waals surface area (Å²) in [6.07, 6.45) is -0.250. The number of H-pyrrole nitrogens is 1. The molecule has 0 saturated carbocycles. The number of rotatable bonds is 3. The first-order chi connectivity index (χ1) is 10.9. The van der Waals surface area contributed by atoms with E-state index in [1.807, 2.05) is 0 Å². The number of nitrogen functional groups attached to an aromatic ring is 1. The zero-order valence-corrected chi connectivity index (χ0v) is 12.3. The Labute approximate surface area is 131 Å². The minimum Gasteiger partial charge on any atom is -0.384 e. The molecule has 6 nitrogen and oxygen atoms in total. The third kappa shape index (κ3) is 3.79. The van der Waals surface area contributed by atoms with Gasteiger partial charge in [-0.05, 0) is 25.5 Å². The van der Waals surface area contributed by atoms with Crippen molar-refractivity contribution in [1.82, 2.24) is 24.8 Å². The maximum Gasteiger partial charge on any atom is 0.432 e. The summed E-state index contributed by atoms with van der Waals surface area (Å²) in [5.74, 6) is 1.35. The molecule has 0 bridgehead atoms. The highest BCUT2D eigenvalue weighted by molar-refractivity contribution is 5.25. The summed E-state index contributed by atoms with van der Waals surface area (Å²) in [5, 5.41) is 0. The van der Waals surface area contributed by atoms with Crippen LogP contribution in [0, 0.1) is 0 Å². The zero-order chi connectivity index (χ0) is 16.4. The van der Waals surface area contributed by atoms with Crippen molar-refractivity contribution < 1.29 is 13.2 Å². The molecule has 2 aromatic rings. The Hall–Kier alpha value is -2.16. The molecular formula is C14H17F3N6. The molecule has 1 aliphatic rings. The van der Waals surface area contributed by atoms with E-state index in [-0.39, 0.29) is 5.92 Å². The Kier molecular flexibility index (Phi) is 4.20. The summed E-state index contributed by atoms with van der Waals surface area (Å²) in [6, 6.07) is 1.62. The largest absolute Gasteiger partial charge is 0.432 e. The second kappa shape index (κ2) is 6.15. The normalized spacial score (nSPS) is 19.9. The van der Waals surface area contributed by atoms with Gasteiger partial charge in [-0.3, -0.25) is 4.90 Å². The molecule has 0 spiro atoms. The highest BCUT2D eigenvalue weighted by Crippen LogP contribution is 2.31. The van der Waals surface area contributed by atoms with E-state index in [1.54, 1.807) is 12.3 Å². The molecule has 3 rings (SSSR count). The number of aromatic amines is 1. The van der Waals surface area contributed by atoms with E-state index in [1.165, 1.54) is 0 Å². The van der Waals surface area contributed by atoms with Crippen molar-refractivity contribution >= 4 is 5.82 Å². The third-order valence-corrected chi connectivity index (χ3v) is 3.89. The van der Waals surface area contributed by atoms with Crippen LogP contribution in [-0.4, -0.2) is 37.9 Å². The minimum absolute atomic E-state index is 0.0547. The van der Waals surface area contributed by atoms with Gasteiger partial charge in [0.15, 0.2) is 0 Å². The Balaban J connectivity index is 1.67. The number of anilines is 1. The van der Waals surface area contributed by atoms with Crippen molar-refractivity contribution in [2.75, 3.05) is 18.8 Å². The molecule has 0 radical (unpaired) electrons. The van der Waals surface area contributed by atoms with Crippen molar-refractivity contribution in [3.63, 3.8) is 0 Å². The molecule has 1 atom stereocenters. The van der Waals surface area contributed by atoms with Crippen molar-refractivity contribution in [1.29, 1.82) is 0 Å². The summed E-state index contributed by atoms with van der Waals surface area (Å²) >= 11 is 0. The number of aromatic nitrogens is 4. The number of hydrogen-bond donors (Lipinski definition) is 2. The number of imidazole rings is 1. The molecule has 124 valence electrons. The summed E-state index contributed by atoms with van der Waals surface area (Å²) in [4.78, 5) is 16.7. The van der Waals surface area contributed by atoms with Gasteiger partial charge in [0.1, 0.15) is 23.2 Å². The first-order valence-electron chi connectivity index (χ1n) is 7.33. The van der Waals surface area contributed by atoms with Crippen LogP contribution in [0.3, 0.4) is 0 Å². The highest BCUT2D eigenvalue weighted by atomic mass is 19.4.